The Bertz CT molecular complexity index is 416. The molecule has 1 atom stereocenters. The lowest BCUT2D eigenvalue weighted by Gasteiger charge is -2.14. The molecule has 1 aromatic heterocycles. The van der Waals surface area contributed by atoms with Crippen molar-refractivity contribution < 1.29 is 0 Å². The molecule has 0 bridgehead atoms. The van der Waals surface area contributed by atoms with Crippen molar-refractivity contribution in [1.82, 2.24) is 10.3 Å². The molecule has 1 aromatic rings. The fourth-order valence-corrected chi connectivity index (χ4v) is 4.22. The molecule has 0 aliphatic carbocycles. The Kier molecular flexibility index (Phi) is 6.97. The van der Waals surface area contributed by atoms with Gasteiger partial charge in [0.05, 0.1) is 5.69 Å². The lowest BCUT2D eigenvalue weighted by Crippen LogP contribution is -2.19. The molecular weight excluding hydrogens is 278 g/mol. The molecule has 1 N–H and O–H groups in total. The van der Waals surface area contributed by atoms with Crippen molar-refractivity contribution >= 4 is 16.5 Å². The summed E-state index contributed by atoms with van der Waals surface area (Å²) in [7, 11) is 0. The SMILES string of the molecule is CCCNCc1sc(N2CCC(CCC)C2)nc1CCC. The molecule has 4 heteroatoms. The van der Waals surface area contributed by atoms with Crippen LogP contribution in [-0.4, -0.2) is 24.6 Å². The third-order valence-corrected chi connectivity index (χ3v) is 5.38. The average Bonchev–Trinajstić information content (AvgIpc) is 3.08. The van der Waals surface area contributed by atoms with Crippen molar-refractivity contribution in [1.29, 1.82) is 0 Å². The molecule has 120 valence electrons. The minimum atomic E-state index is 0.884. The molecule has 1 saturated heterocycles. The van der Waals surface area contributed by atoms with Crippen LogP contribution in [0.1, 0.15) is 63.4 Å². The number of aromatic nitrogens is 1. The van der Waals surface area contributed by atoms with Crippen LogP contribution in [0.25, 0.3) is 0 Å². The van der Waals surface area contributed by atoms with Gasteiger partial charge in [0.2, 0.25) is 0 Å². The van der Waals surface area contributed by atoms with Crippen LogP contribution < -0.4 is 10.2 Å². The third-order valence-electron chi connectivity index (χ3n) is 4.22. The van der Waals surface area contributed by atoms with Crippen LogP contribution >= 0.6 is 11.3 Å². The summed E-state index contributed by atoms with van der Waals surface area (Å²) in [6.45, 7) is 11.3. The van der Waals surface area contributed by atoms with Gasteiger partial charge in [-0.15, -0.1) is 11.3 Å². The van der Waals surface area contributed by atoms with Crippen molar-refractivity contribution in [2.24, 2.45) is 5.92 Å². The van der Waals surface area contributed by atoms with E-state index in [0.29, 0.717) is 0 Å². The number of hydrogen-bond acceptors (Lipinski definition) is 4. The predicted octanol–water partition coefficient (Wildman–Crippen LogP) is 4.22. The summed E-state index contributed by atoms with van der Waals surface area (Å²) >= 11 is 1.92. The second kappa shape index (κ2) is 8.74. The molecule has 1 aliphatic rings. The van der Waals surface area contributed by atoms with Gasteiger partial charge in [-0.2, -0.15) is 0 Å². The summed E-state index contributed by atoms with van der Waals surface area (Å²) in [6, 6.07) is 0. The number of rotatable bonds is 9. The Morgan fingerprint density at radius 3 is 2.81 bits per heavy atom. The van der Waals surface area contributed by atoms with Gasteiger partial charge < -0.3 is 10.2 Å². The zero-order valence-electron chi connectivity index (χ0n) is 14.0. The highest BCUT2D eigenvalue weighted by Gasteiger charge is 2.25. The lowest BCUT2D eigenvalue weighted by molar-refractivity contribution is 0.529. The van der Waals surface area contributed by atoms with E-state index in [-0.39, 0.29) is 0 Å². The van der Waals surface area contributed by atoms with Crippen molar-refractivity contribution in [2.45, 2.75) is 65.8 Å². The van der Waals surface area contributed by atoms with Gasteiger partial charge in [0.15, 0.2) is 5.13 Å². The van der Waals surface area contributed by atoms with Crippen molar-refractivity contribution in [2.75, 3.05) is 24.5 Å². The van der Waals surface area contributed by atoms with E-state index < -0.39 is 0 Å². The van der Waals surface area contributed by atoms with Crippen LogP contribution in [0.3, 0.4) is 0 Å². The standard InChI is InChI=1S/C17H31N3S/c1-4-7-14-9-11-20(13-14)17-19-15(8-5-2)16(21-17)12-18-10-6-3/h14,18H,4-13H2,1-3H3. The first kappa shape index (κ1) is 16.8. The molecule has 0 saturated carbocycles. The summed E-state index contributed by atoms with van der Waals surface area (Å²) < 4.78 is 0. The molecule has 1 aliphatic heterocycles. The minimum absolute atomic E-state index is 0.884. The van der Waals surface area contributed by atoms with Gasteiger partial charge in [-0.05, 0) is 38.1 Å². The zero-order chi connectivity index (χ0) is 15.1. The number of nitrogens with zero attached hydrogens (tertiary/aromatic N) is 2. The second-order valence-corrected chi connectivity index (χ2v) is 7.24. The maximum atomic E-state index is 4.96. The van der Waals surface area contributed by atoms with Gasteiger partial charge in [0, 0.05) is 24.5 Å². The van der Waals surface area contributed by atoms with Crippen molar-refractivity contribution in [3.05, 3.63) is 10.6 Å². The summed E-state index contributed by atoms with van der Waals surface area (Å²) in [5, 5.41) is 4.80. The largest absolute Gasteiger partial charge is 0.348 e. The van der Waals surface area contributed by atoms with E-state index in [1.165, 1.54) is 60.9 Å². The smallest absolute Gasteiger partial charge is 0.185 e. The predicted molar refractivity (Wildman–Crippen MR) is 93.3 cm³/mol. The first-order chi connectivity index (χ1) is 10.3. The summed E-state index contributed by atoms with van der Waals surface area (Å²) in [5.74, 6) is 0.884. The quantitative estimate of drug-likeness (QED) is 0.692. The molecule has 1 fully saturated rings. The van der Waals surface area contributed by atoms with Gasteiger partial charge in [0.1, 0.15) is 0 Å². The molecule has 0 spiro atoms. The van der Waals surface area contributed by atoms with Crippen LogP contribution in [0.2, 0.25) is 0 Å². The molecule has 0 aromatic carbocycles. The number of hydrogen-bond donors (Lipinski definition) is 1. The molecule has 0 radical (unpaired) electrons. The summed E-state index contributed by atoms with van der Waals surface area (Å²) in [5.41, 5.74) is 1.33. The Balaban J connectivity index is 2.01. The van der Waals surface area contributed by atoms with E-state index in [9.17, 15) is 0 Å². The molecule has 2 rings (SSSR count). The molecule has 21 heavy (non-hydrogen) atoms. The monoisotopic (exact) mass is 309 g/mol. The third kappa shape index (κ3) is 4.68. The number of thiazole rings is 1. The van der Waals surface area contributed by atoms with Gasteiger partial charge in [-0.25, -0.2) is 4.98 Å². The fraction of sp³-hybridized carbons (Fsp3) is 0.824. The Morgan fingerprint density at radius 2 is 2.10 bits per heavy atom. The van der Waals surface area contributed by atoms with Crippen LogP contribution in [-0.2, 0) is 13.0 Å². The maximum Gasteiger partial charge on any atom is 0.185 e. The highest BCUT2D eigenvalue weighted by atomic mass is 32.1. The fourth-order valence-electron chi connectivity index (χ4n) is 3.10. The van der Waals surface area contributed by atoms with E-state index in [0.717, 1.165) is 25.4 Å². The highest BCUT2D eigenvalue weighted by molar-refractivity contribution is 7.15. The maximum absolute atomic E-state index is 4.96. The van der Waals surface area contributed by atoms with Crippen molar-refractivity contribution in [3.63, 3.8) is 0 Å². The van der Waals surface area contributed by atoms with Crippen molar-refractivity contribution in [3.8, 4) is 0 Å². The van der Waals surface area contributed by atoms with E-state index in [2.05, 4.69) is 31.0 Å². The van der Waals surface area contributed by atoms with Gasteiger partial charge in [-0.1, -0.05) is 33.6 Å². The van der Waals surface area contributed by atoms with Gasteiger partial charge in [-0.3, -0.25) is 0 Å². The van der Waals surface area contributed by atoms with E-state index >= 15 is 0 Å². The van der Waals surface area contributed by atoms with E-state index in [4.69, 9.17) is 4.98 Å². The number of aryl methyl sites for hydroxylation is 1. The van der Waals surface area contributed by atoms with E-state index in [1.807, 2.05) is 11.3 Å². The van der Waals surface area contributed by atoms with Crippen LogP contribution in [0.5, 0.6) is 0 Å². The highest BCUT2D eigenvalue weighted by Crippen LogP contribution is 2.32. The second-order valence-electron chi connectivity index (χ2n) is 6.18. The molecule has 0 amide bonds. The van der Waals surface area contributed by atoms with Crippen LogP contribution in [0, 0.1) is 5.92 Å². The average molecular weight is 310 g/mol. The first-order valence-electron chi connectivity index (χ1n) is 8.72. The Hall–Kier alpha value is -0.610. The molecule has 1 unspecified atom stereocenters. The van der Waals surface area contributed by atoms with Crippen LogP contribution in [0.15, 0.2) is 0 Å². The van der Waals surface area contributed by atoms with Gasteiger partial charge in [0.25, 0.3) is 0 Å². The van der Waals surface area contributed by atoms with Crippen LogP contribution in [0.4, 0.5) is 5.13 Å². The summed E-state index contributed by atoms with van der Waals surface area (Å²) in [6.07, 6.45) is 7.52. The molecular formula is C17H31N3S. The first-order valence-corrected chi connectivity index (χ1v) is 9.54. The Labute approximate surface area is 134 Å². The molecule has 3 nitrogen and oxygen atoms in total. The topological polar surface area (TPSA) is 28.2 Å². The van der Waals surface area contributed by atoms with Gasteiger partial charge >= 0.3 is 0 Å². The minimum Gasteiger partial charge on any atom is -0.348 e. The number of nitrogens with one attached hydrogen (secondary N) is 1. The number of anilines is 1. The lowest BCUT2D eigenvalue weighted by atomic mass is 10.0. The Morgan fingerprint density at radius 1 is 1.24 bits per heavy atom. The summed E-state index contributed by atoms with van der Waals surface area (Å²) in [4.78, 5) is 8.94. The molecule has 2 heterocycles. The zero-order valence-corrected chi connectivity index (χ0v) is 14.8. The van der Waals surface area contributed by atoms with E-state index in [1.54, 1.807) is 0 Å². The normalized spacial score (nSPS) is 18.6.